The Balaban J connectivity index is 3.48. The fraction of sp³-hybridized carbons (Fsp3) is 0.0909. The summed E-state index contributed by atoms with van der Waals surface area (Å²) >= 11 is 0. The topological polar surface area (TPSA) is 54.4 Å². The van der Waals surface area contributed by atoms with Crippen molar-refractivity contribution < 1.29 is 32.3 Å². The lowest BCUT2D eigenvalue weighted by molar-refractivity contribution is -0.107. The smallest absolute Gasteiger partial charge is 0.341 e. The van der Waals surface area contributed by atoms with Crippen molar-refractivity contribution in [2.45, 2.75) is 6.42 Å². The van der Waals surface area contributed by atoms with Crippen molar-refractivity contribution in [3.63, 3.8) is 0 Å². The van der Waals surface area contributed by atoms with Gasteiger partial charge in [-0.15, -0.1) is 0 Å². The molecule has 7 heteroatoms. The van der Waals surface area contributed by atoms with Crippen molar-refractivity contribution in [3.8, 4) is 0 Å². The van der Waals surface area contributed by atoms with Gasteiger partial charge in [0.05, 0.1) is 5.56 Å². The van der Waals surface area contributed by atoms with E-state index in [1.54, 1.807) is 0 Å². The first-order valence-corrected chi connectivity index (χ1v) is 4.61. The van der Waals surface area contributed by atoms with Crippen molar-refractivity contribution in [2.24, 2.45) is 0 Å². The Morgan fingerprint density at radius 3 is 1.94 bits per heavy atom. The largest absolute Gasteiger partial charge is 0.477 e. The molecule has 0 amide bonds. The summed E-state index contributed by atoms with van der Waals surface area (Å²) in [5, 5.41) is 8.42. The molecule has 0 atom stereocenters. The lowest BCUT2D eigenvalue weighted by Crippen LogP contribution is -2.11. The molecule has 1 aromatic rings. The van der Waals surface area contributed by atoms with Crippen molar-refractivity contribution in [1.82, 2.24) is 0 Å². The van der Waals surface area contributed by atoms with Crippen LogP contribution in [0.3, 0.4) is 0 Å². The van der Waals surface area contributed by atoms with Gasteiger partial charge in [0.1, 0.15) is 11.8 Å². The first-order valence-electron chi connectivity index (χ1n) is 4.61. The molecule has 0 aromatic heterocycles. The number of allylic oxidation sites excluding steroid dienone is 1. The SMILES string of the molecule is O=CCC=Cc1c(F)c(F)c(C(=O)O)c(F)c1F. The predicted molar refractivity (Wildman–Crippen MR) is 52.9 cm³/mol. The number of rotatable bonds is 4. The fourth-order valence-corrected chi connectivity index (χ4v) is 1.22. The van der Waals surface area contributed by atoms with E-state index in [9.17, 15) is 27.2 Å². The summed E-state index contributed by atoms with van der Waals surface area (Å²) in [6.07, 6.45) is 1.85. The van der Waals surface area contributed by atoms with E-state index < -0.39 is 40.4 Å². The van der Waals surface area contributed by atoms with E-state index in [4.69, 9.17) is 5.11 Å². The molecule has 0 fully saturated rings. The Kier molecular flexibility index (Phi) is 4.19. The minimum atomic E-state index is -2.12. The number of carbonyl (C=O) groups excluding carboxylic acids is 1. The fourth-order valence-electron chi connectivity index (χ4n) is 1.22. The van der Waals surface area contributed by atoms with Crippen LogP contribution in [0, 0.1) is 23.3 Å². The van der Waals surface area contributed by atoms with Crippen LogP contribution in [0.5, 0.6) is 0 Å². The summed E-state index contributed by atoms with van der Waals surface area (Å²) in [4.78, 5) is 20.4. The third-order valence-corrected chi connectivity index (χ3v) is 2.03. The molecule has 3 nitrogen and oxygen atoms in total. The molecule has 0 aliphatic carbocycles. The zero-order chi connectivity index (χ0) is 13.9. The Hall–Kier alpha value is -2.18. The Morgan fingerprint density at radius 1 is 1.06 bits per heavy atom. The summed E-state index contributed by atoms with van der Waals surface area (Å²) in [5.74, 6) is -9.76. The van der Waals surface area contributed by atoms with Crippen LogP contribution in [-0.4, -0.2) is 17.4 Å². The van der Waals surface area contributed by atoms with Crippen LogP contribution in [0.4, 0.5) is 17.6 Å². The highest BCUT2D eigenvalue weighted by Crippen LogP contribution is 2.25. The van der Waals surface area contributed by atoms with E-state index >= 15 is 0 Å². The van der Waals surface area contributed by atoms with E-state index in [-0.39, 0.29) is 6.42 Å². The van der Waals surface area contributed by atoms with E-state index in [0.717, 1.165) is 6.08 Å². The highest BCUT2D eigenvalue weighted by Gasteiger charge is 2.27. The van der Waals surface area contributed by atoms with Crippen LogP contribution in [0.15, 0.2) is 6.08 Å². The number of benzene rings is 1. The van der Waals surface area contributed by atoms with E-state index in [2.05, 4.69) is 0 Å². The highest BCUT2D eigenvalue weighted by atomic mass is 19.2. The molecule has 18 heavy (non-hydrogen) atoms. The molecule has 0 saturated carbocycles. The number of halogens is 4. The van der Waals surface area contributed by atoms with Crippen molar-refractivity contribution >= 4 is 18.3 Å². The van der Waals surface area contributed by atoms with Gasteiger partial charge >= 0.3 is 5.97 Å². The standard InChI is InChI=1S/C11H6F4O3/c12-7-5(3-1-2-4-16)8(13)10(15)6(9(7)14)11(17)18/h1,3-4H,2H2,(H,17,18). The molecule has 0 unspecified atom stereocenters. The van der Waals surface area contributed by atoms with Crippen LogP contribution >= 0.6 is 0 Å². The summed E-state index contributed by atoms with van der Waals surface area (Å²) < 4.78 is 53.0. The molecule has 1 aromatic carbocycles. The number of carbonyl (C=O) groups is 2. The van der Waals surface area contributed by atoms with Gasteiger partial charge in [-0.25, -0.2) is 22.4 Å². The van der Waals surface area contributed by atoms with Gasteiger partial charge in [0.25, 0.3) is 0 Å². The van der Waals surface area contributed by atoms with Gasteiger partial charge in [-0.2, -0.15) is 0 Å². The van der Waals surface area contributed by atoms with Crippen LogP contribution in [-0.2, 0) is 4.79 Å². The van der Waals surface area contributed by atoms with Crippen LogP contribution in [0.2, 0.25) is 0 Å². The minimum absolute atomic E-state index is 0.206. The monoisotopic (exact) mass is 262 g/mol. The molecular formula is C11H6F4O3. The third kappa shape index (κ3) is 2.39. The second-order valence-electron chi connectivity index (χ2n) is 3.15. The molecule has 0 spiro atoms. The lowest BCUT2D eigenvalue weighted by Gasteiger charge is -2.06. The number of aldehydes is 1. The molecular weight excluding hydrogens is 256 g/mol. The number of hydrogen-bond donors (Lipinski definition) is 1. The van der Waals surface area contributed by atoms with Gasteiger partial charge in [0.15, 0.2) is 23.3 Å². The first-order chi connectivity index (χ1) is 8.41. The van der Waals surface area contributed by atoms with E-state index in [0.29, 0.717) is 12.4 Å². The van der Waals surface area contributed by atoms with Gasteiger partial charge in [0.2, 0.25) is 0 Å². The molecule has 1 N–H and O–H groups in total. The van der Waals surface area contributed by atoms with E-state index in [1.807, 2.05) is 0 Å². The molecule has 0 aliphatic rings. The predicted octanol–water partition coefficient (Wildman–Crippen LogP) is 2.54. The molecule has 0 aliphatic heterocycles. The zero-order valence-electron chi connectivity index (χ0n) is 8.71. The maximum Gasteiger partial charge on any atom is 0.341 e. The molecule has 0 radical (unpaired) electrons. The van der Waals surface area contributed by atoms with Crippen molar-refractivity contribution in [2.75, 3.05) is 0 Å². The number of hydrogen-bond acceptors (Lipinski definition) is 2. The second kappa shape index (κ2) is 5.44. The Labute approximate surface area is 98.3 Å². The Bertz CT molecular complexity index is 509. The maximum atomic E-state index is 13.3. The van der Waals surface area contributed by atoms with Gasteiger partial charge in [-0.05, 0) is 0 Å². The van der Waals surface area contributed by atoms with Gasteiger partial charge in [-0.1, -0.05) is 12.2 Å². The summed E-state index contributed by atoms with van der Waals surface area (Å²) in [6, 6.07) is 0. The van der Waals surface area contributed by atoms with Gasteiger partial charge < -0.3 is 9.90 Å². The molecule has 0 bridgehead atoms. The summed E-state index contributed by atoms with van der Waals surface area (Å²) in [7, 11) is 0. The third-order valence-electron chi connectivity index (χ3n) is 2.03. The molecule has 0 heterocycles. The number of carboxylic acid groups (broad SMARTS) is 1. The minimum Gasteiger partial charge on any atom is -0.477 e. The van der Waals surface area contributed by atoms with Crippen LogP contribution in [0.1, 0.15) is 22.3 Å². The summed E-state index contributed by atoms with van der Waals surface area (Å²) in [6.45, 7) is 0. The highest BCUT2D eigenvalue weighted by molar-refractivity contribution is 5.88. The molecule has 1 rings (SSSR count). The molecule has 0 saturated heterocycles. The number of carboxylic acids is 1. The lowest BCUT2D eigenvalue weighted by atomic mass is 10.1. The zero-order valence-corrected chi connectivity index (χ0v) is 8.71. The van der Waals surface area contributed by atoms with Crippen molar-refractivity contribution in [1.29, 1.82) is 0 Å². The van der Waals surface area contributed by atoms with Crippen LogP contribution < -0.4 is 0 Å². The normalized spacial score (nSPS) is 10.9. The first kappa shape index (κ1) is 13.9. The quantitative estimate of drug-likeness (QED) is 0.515. The average molecular weight is 262 g/mol. The Morgan fingerprint density at radius 2 is 1.56 bits per heavy atom. The van der Waals surface area contributed by atoms with Crippen LogP contribution in [0.25, 0.3) is 6.08 Å². The second-order valence-corrected chi connectivity index (χ2v) is 3.15. The van der Waals surface area contributed by atoms with Gasteiger partial charge in [-0.3, -0.25) is 0 Å². The maximum absolute atomic E-state index is 13.3. The van der Waals surface area contributed by atoms with E-state index in [1.165, 1.54) is 0 Å². The number of aromatic carboxylic acids is 1. The van der Waals surface area contributed by atoms with Gasteiger partial charge in [0, 0.05) is 6.42 Å². The summed E-state index contributed by atoms with van der Waals surface area (Å²) in [5.41, 5.74) is -2.77. The average Bonchev–Trinajstić information content (AvgIpc) is 2.31. The van der Waals surface area contributed by atoms with Crippen molar-refractivity contribution in [3.05, 3.63) is 40.5 Å². The molecule has 96 valence electrons.